The molecule has 0 aliphatic rings. The highest BCUT2D eigenvalue weighted by Gasteiger charge is 2.30. The number of benzene rings is 4. The van der Waals surface area contributed by atoms with E-state index in [1.54, 1.807) is 6.07 Å². The van der Waals surface area contributed by atoms with Crippen LogP contribution in [0.3, 0.4) is 0 Å². The van der Waals surface area contributed by atoms with E-state index in [9.17, 15) is 13.2 Å². The van der Waals surface area contributed by atoms with Gasteiger partial charge in [0.2, 0.25) is 0 Å². The van der Waals surface area contributed by atoms with Crippen LogP contribution in [0.5, 0.6) is 0 Å². The number of hydrogen-bond acceptors (Lipinski definition) is 0. The summed E-state index contributed by atoms with van der Waals surface area (Å²) in [7, 11) is 0. The molecule has 0 radical (unpaired) electrons. The van der Waals surface area contributed by atoms with E-state index >= 15 is 0 Å². The summed E-state index contributed by atoms with van der Waals surface area (Å²) in [5.41, 5.74) is 1.32. The van der Waals surface area contributed by atoms with E-state index in [-0.39, 0.29) is 0 Å². The van der Waals surface area contributed by atoms with Gasteiger partial charge in [-0.25, -0.2) is 0 Å². The van der Waals surface area contributed by atoms with Crippen molar-refractivity contribution >= 4 is 21.5 Å². The highest BCUT2D eigenvalue weighted by molar-refractivity contribution is 6.13. The SMILES string of the molecule is FC(F)(F)c1ccc2c(-c3ccccc3)cc3ccccc3c2c1. The smallest absolute Gasteiger partial charge is 0.166 e. The normalized spacial score (nSPS) is 12.0. The summed E-state index contributed by atoms with van der Waals surface area (Å²) in [6.07, 6.45) is -4.35. The Morgan fingerprint density at radius 3 is 2.04 bits per heavy atom. The molecule has 0 atom stereocenters. The van der Waals surface area contributed by atoms with Gasteiger partial charge >= 0.3 is 6.18 Å². The lowest BCUT2D eigenvalue weighted by atomic mass is 9.92. The maximum Gasteiger partial charge on any atom is 0.416 e. The van der Waals surface area contributed by atoms with Gasteiger partial charge in [0.15, 0.2) is 0 Å². The summed E-state index contributed by atoms with van der Waals surface area (Å²) in [6.45, 7) is 0. The molecule has 4 aromatic carbocycles. The average molecular weight is 322 g/mol. The minimum absolute atomic E-state index is 0.620. The Hall–Kier alpha value is -2.81. The Balaban J connectivity index is 2.13. The number of fused-ring (bicyclic) bond motifs is 3. The molecule has 118 valence electrons. The van der Waals surface area contributed by atoms with E-state index in [0.29, 0.717) is 5.39 Å². The highest BCUT2D eigenvalue weighted by Crippen LogP contribution is 2.38. The van der Waals surface area contributed by atoms with E-state index in [4.69, 9.17) is 0 Å². The molecule has 0 unspecified atom stereocenters. The molecule has 0 bridgehead atoms. The van der Waals surface area contributed by atoms with Crippen LogP contribution in [0.1, 0.15) is 5.56 Å². The van der Waals surface area contributed by atoms with Gasteiger partial charge in [-0.05, 0) is 50.9 Å². The van der Waals surface area contributed by atoms with Crippen LogP contribution in [0.25, 0.3) is 32.7 Å². The zero-order valence-corrected chi connectivity index (χ0v) is 12.6. The topological polar surface area (TPSA) is 0 Å². The molecule has 0 aliphatic carbocycles. The lowest BCUT2D eigenvalue weighted by Gasteiger charge is -2.13. The lowest BCUT2D eigenvalue weighted by Crippen LogP contribution is -2.04. The van der Waals surface area contributed by atoms with Crippen LogP contribution in [0.15, 0.2) is 78.9 Å². The predicted molar refractivity (Wildman–Crippen MR) is 91.9 cm³/mol. The van der Waals surface area contributed by atoms with E-state index in [0.717, 1.165) is 33.4 Å². The first-order chi connectivity index (χ1) is 11.5. The van der Waals surface area contributed by atoms with Crippen LogP contribution in [-0.4, -0.2) is 0 Å². The van der Waals surface area contributed by atoms with Gasteiger partial charge in [-0.1, -0.05) is 60.7 Å². The van der Waals surface area contributed by atoms with Gasteiger partial charge in [-0.2, -0.15) is 13.2 Å². The fourth-order valence-electron chi connectivity index (χ4n) is 3.14. The number of hydrogen-bond donors (Lipinski definition) is 0. The van der Waals surface area contributed by atoms with Crippen molar-refractivity contribution in [2.75, 3.05) is 0 Å². The fraction of sp³-hybridized carbons (Fsp3) is 0.0476. The molecular formula is C21H13F3. The predicted octanol–water partition coefficient (Wildman–Crippen LogP) is 6.68. The summed E-state index contributed by atoms with van der Waals surface area (Å²) >= 11 is 0. The highest BCUT2D eigenvalue weighted by atomic mass is 19.4. The second-order valence-electron chi connectivity index (χ2n) is 5.77. The van der Waals surface area contributed by atoms with Crippen molar-refractivity contribution in [3.05, 3.63) is 84.4 Å². The molecule has 4 rings (SSSR count). The first-order valence-electron chi connectivity index (χ1n) is 7.62. The molecule has 0 heterocycles. The monoisotopic (exact) mass is 322 g/mol. The van der Waals surface area contributed by atoms with Gasteiger partial charge in [-0.3, -0.25) is 0 Å². The summed E-state index contributed by atoms with van der Waals surface area (Å²) in [5.74, 6) is 0. The molecule has 0 fully saturated rings. The van der Waals surface area contributed by atoms with Crippen LogP contribution in [0, 0.1) is 0 Å². The van der Waals surface area contributed by atoms with Gasteiger partial charge in [0.05, 0.1) is 5.56 Å². The zero-order chi connectivity index (χ0) is 16.7. The van der Waals surface area contributed by atoms with E-state index in [2.05, 4.69) is 0 Å². The molecule has 0 N–H and O–H groups in total. The largest absolute Gasteiger partial charge is 0.416 e. The second kappa shape index (κ2) is 5.38. The average Bonchev–Trinajstić information content (AvgIpc) is 2.60. The molecule has 0 saturated carbocycles. The minimum Gasteiger partial charge on any atom is -0.166 e. The molecule has 0 aromatic heterocycles. The Kier molecular flexibility index (Phi) is 3.31. The van der Waals surface area contributed by atoms with Crippen LogP contribution < -0.4 is 0 Å². The van der Waals surface area contributed by atoms with Gasteiger partial charge in [-0.15, -0.1) is 0 Å². The van der Waals surface area contributed by atoms with Crippen molar-refractivity contribution in [2.24, 2.45) is 0 Å². The maximum atomic E-state index is 13.1. The lowest BCUT2D eigenvalue weighted by molar-refractivity contribution is -0.137. The first-order valence-corrected chi connectivity index (χ1v) is 7.62. The third-order valence-corrected chi connectivity index (χ3v) is 4.27. The van der Waals surface area contributed by atoms with Gasteiger partial charge in [0, 0.05) is 0 Å². The summed E-state index contributed by atoms with van der Waals surface area (Å²) in [4.78, 5) is 0. The van der Waals surface area contributed by atoms with Crippen molar-refractivity contribution in [1.82, 2.24) is 0 Å². The summed E-state index contributed by atoms with van der Waals surface area (Å²) < 4.78 is 39.4. The van der Waals surface area contributed by atoms with Gasteiger partial charge < -0.3 is 0 Å². The van der Waals surface area contributed by atoms with Crippen LogP contribution in [0.2, 0.25) is 0 Å². The second-order valence-corrected chi connectivity index (χ2v) is 5.77. The van der Waals surface area contributed by atoms with Crippen LogP contribution in [-0.2, 0) is 6.18 Å². The Morgan fingerprint density at radius 1 is 0.583 bits per heavy atom. The molecule has 0 saturated heterocycles. The number of alkyl halides is 3. The molecule has 4 aromatic rings. The maximum absolute atomic E-state index is 13.1. The van der Waals surface area contributed by atoms with Crippen molar-refractivity contribution in [2.45, 2.75) is 6.18 Å². The molecular weight excluding hydrogens is 309 g/mol. The number of halogens is 3. The van der Waals surface area contributed by atoms with Gasteiger partial charge in [0.1, 0.15) is 0 Å². The van der Waals surface area contributed by atoms with Crippen molar-refractivity contribution in [3.63, 3.8) is 0 Å². The Labute approximate surface area is 137 Å². The minimum atomic E-state index is -4.35. The molecule has 24 heavy (non-hydrogen) atoms. The van der Waals surface area contributed by atoms with Crippen LogP contribution in [0.4, 0.5) is 13.2 Å². The first kappa shape index (κ1) is 14.8. The van der Waals surface area contributed by atoms with Crippen molar-refractivity contribution in [1.29, 1.82) is 0 Å². The molecule has 0 nitrogen and oxygen atoms in total. The van der Waals surface area contributed by atoms with Gasteiger partial charge in [0.25, 0.3) is 0 Å². The van der Waals surface area contributed by atoms with Crippen molar-refractivity contribution < 1.29 is 13.2 Å². The molecule has 0 spiro atoms. The van der Waals surface area contributed by atoms with Crippen LogP contribution >= 0.6 is 0 Å². The zero-order valence-electron chi connectivity index (χ0n) is 12.6. The van der Waals surface area contributed by atoms with E-state index in [1.165, 1.54) is 6.07 Å². The fourth-order valence-corrected chi connectivity index (χ4v) is 3.14. The van der Waals surface area contributed by atoms with E-state index in [1.807, 2.05) is 60.7 Å². The number of rotatable bonds is 1. The molecule has 3 heteroatoms. The third-order valence-electron chi connectivity index (χ3n) is 4.27. The Bertz CT molecular complexity index is 1030. The molecule has 0 amide bonds. The Morgan fingerprint density at radius 2 is 1.29 bits per heavy atom. The van der Waals surface area contributed by atoms with E-state index < -0.39 is 11.7 Å². The quantitative estimate of drug-likeness (QED) is 0.343. The third kappa shape index (κ3) is 2.42. The summed E-state index contributed by atoms with van der Waals surface area (Å²) in [6, 6.07) is 23.3. The molecule has 0 aliphatic heterocycles. The summed E-state index contributed by atoms with van der Waals surface area (Å²) in [5, 5.41) is 3.22. The standard InChI is InChI=1S/C21H13F3/c22-21(23,24)16-10-11-18-19(14-6-2-1-3-7-14)12-15-8-4-5-9-17(15)20(18)13-16/h1-13H. The van der Waals surface area contributed by atoms with Crippen molar-refractivity contribution in [3.8, 4) is 11.1 Å².